The summed E-state index contributed by atoms with van der Waals surface area (Å²) < 4.78 is 49.3. The van der Waals surface area contributed by atoms with Crippen LogP contribution in [-0.4, -0.2) is 46.2 Å². The number of sulfonamides is 1. The molecule has 1 unspecified atom stereocenters. The van der Waals surface area contributed by atoms with Crippen molar-refractivity contribution in [2.75, 3.05) is 18.1 Å². The molecule has 0 aromatic rings. The fourth-order valence-corrected chi connectivity index (χ4v) is 5.60. The summed E-state index contributed by atoms with van der Waals surface area (Å²) in [6.07, 6.45) is 1.91. The Kier molecular flexibility index (Phi) is 5.57. The van der Waals surface area contributed by atoms with Crippen LogP contribution in [0.1, 0.15) is 32.6 Å². The number of nitrogens with two attached hydrogens (primary N) is 1. The van der Waals surface area contributed by atoms with Crippen molar-refractivity contribution in [1.29, 1.82) is 0 Å². The lowest BCUT2D eigenvalue weighted by Gasteiger charge is -2.25. The minimum absolute atomic E-state index is 0.0420. The van der Waals surface area contributed by atoms with E-state index in [0.717, 1.165) is 6.42 Å². The maximum absolute atomic E-state index is 12.1. The highest BCUT2D eigenvalue weighted by Crippen LogP contribution is 2.19. The smallest absolute Gasteiger partial charge is 0.214 e. The molecule has 1 atom stereocenters. The Morgan fingerprint density at radius 2 is 1.89 bits per heavy atom. The molecular formula is C10H22N2O4S2. The van der Waals surface area contributed by atoms with E-state index in [1.165, 1.54) is 0 Å². The molecule has 3 N–H and O–H groups in total. The third kappa shape index (κ3) is 4.49. The Balaban J connectivity index is 2.64. The molecule has 0 saturated carbocycles. The van der Waals surface area contributed by atoms with E-state index in [4.69, 9.17) is 5.73 Å². The van der Waals surface area contributed by atoms with Crippen molar-refractivity contribution in [2.45, 2.75) is 43.9 Å². The third-order valence-electron chi connectivity index (χ3n) is 3.19. The zero-order valence-corrected chi connectivity index (χ0v) is 12.3. The van der Waals surface area contributed by atoms with Crippen molar-refractivity contribution in [3.8, 4) is 0 Å². The molecule has 0 bridgehead atoms. The molecule has 0 aromatic carbocycles. The third-order valence-corrected chi connectivity index (χ3v) is 6.92. The van der Waals surface area contributed by atoms with E-state index in [2.05, 4.69) is 4.72 Å². The highest BCUT2D eigenvalue weighted by atomic mass is 32.2. The van der Waals surface area contributed by atoms with Gasteiger partial charge in [0.15, 0.2) is 0 Å². The lowest BCUT2D eigenvalue weighted by atomic mass is 10.2. The van der Waals surface area contributed by atoms with Gasteiger partial charge < -0.3 is 5.73 Å². The van der Waals surface area contributed by atoms with Gasteiger partial charge in [0.05, 0.1) is 16.8 Å². The van der Waals surface area contributed by atoms with Crippen molar-refractivity contribution in [2.24, 2.45) is 5.73 Å². The monoisotopic (exact) mass is 298 g/mol. The first-order chi connectivity index (χ1) is 8.30. The Morgan fingerprint density at radius 1 is 1.33 bits per heavy atom. The lowest BCUT2D eigenvalue weighted by Crippen LogP contribution is -2.46. The zero-order valence-electron chi connectivity index (χ0n) is 10.6. The Labute approximate surface area is 109 Å². The molecule has 1 aliphatic rings. The van der Waals surface area contributed by atoms with Crippen LogP contribution in [0.5, 0.6) is 0 Å². The van der Waals surface area contributed by atoms with Crippen LogP contribution in [0.15, 0.2) is 0 Å². The van der Waals surface area contributed by atoms with Gasteiger partial charge in [0.25, 0.3) is 0 Å². The summed E-state index contributed by atoms with van der Waals surface area (Å²) >= 11 is 0. The molecule has 18 heavy (non-hydrogen) atoms. The zero-order chi connectivity index (χ0) is 13.8. The molecule has 0 amide bonds. The second-order valence-electron chi connectivity index (χ2n) is 4.74. The average Bonchev–Trinajstić information content (AvgIpc) is 2.27. The van der Waals surface area contributed by atoms with Crippen LogP contribution >= 0.6 is 0 Å². The molecule has 1 aliphatic heterocycles. The van der Waals surface area contributed by atoms with Crippen molar-refractivity contribution >= 4 is 19.9 Å². The van der Waals surface area contributed by atoms with Gasteiger partial charge in [-0.05, 0) is 19.3 Å². The van der Waals surface area contributed by atoms with Gasteiger partial charge in [-0.1, -0.05) is 13.3 Å². The van der Waals surface area contributed by atoms with Crippen LogP contribution in [0.3, 0.4) is 0 Å². The molecule has 8 heteroatoms. The normalized spacial score (nSPS) is 22.8. The SMILES string of the molecule is CCCC(CN)NS(=O)(=O)C1CCS(=O)(=O)CC1. The lowest BCUT2D eigenvalue weighted by molar-refractivity contribution is 0.508. The molecule has 6 nitrogen and oxygen atoms in total. The Bertz CT molecular complexity index is 444. The Hall–Kier alpha value is -0.180. The summed E-state index contributed by atoms with van der Waals surface area (Å²) in [6.45, 7) is 2.22. The van der Waals surface area contributed by atoms with Gasteiger partial charge >= 0.3 is 0 Å². The fourth-order valence-electron chi connectivity index (χ4n) is 2.08. The molecule has 0 aliphatic carbocycles. The van der Waals surface area contributed by atoms with E-state index in [1.807, 2.05) is 6.92 Å². The highest BCUT2D eigenvalue weighted by molar-refractivity contribution is 7.92. The molecule has 0 aromatic heterocycles. The average molecular weight is 298 g/mol. The first-order valence-electron chi connectivity index (χ1n) is 6.22. The maximum atomic E-state index is 12.1. The predicted octanol–water partition coefficient (Wildman–Crippen LogP) is -0.390. The van der Waals surface area contributed by atoms with Gasteiger partial charge in [0, 0.05) is 12.6 Å². The predicted molar refractivity (Wildman–Crippen MR) is 71.5 cm³/mol. The second kappa shape index (κ2) is 6.31. The van der Waals surface area contributed by atoms with E-state index < -0.39 is 25.1 Å². The van der Waals surface area contributed by atoms with E-state index >= 15 is 0 Å². The molecule has 1 heterocycles. The summed E-state index contributed by atoms with van der Waals surface area (Å²) in [5, 5.41) is -0.605. The largest absolute Gasteiger partial charge is 0.329 e. The van der Waals surface area contributed by atoms with Crippen molar-refractivity contribution in [3.05, 3.63) is 0 Å². The second-order valence-corrected chi connectivity index (χ2v) is 9.03. The number of hydrogen-bond acceptors (Lipinski definition) is 5. The first-order valence-corrected chi connectivity index (χ1v) is 9.59. The van der Waals surface area contributed by atoms with E-state index in [9.17, 15) is 16.8 Å². The summed E-state index contributed by atoms with van der Waals surface area (Å²) in [7, 11) is -6.50. The molecular weight excluding hydrogens is 276 g/mol. The van der Waals surface area contributed by atoms with Gasteiger partial charge in [0.1, 0.15) is 9.84 Å². The summed E-state index contributed by atoms with van der Waals surface area (Å²) in [6, 6.07) is -0.251. The Morgan fingerprint density at radius 3 is 2.33 bits per heavy atom. The van der Waals surface area contributed by atoms with Crippen molar-refractivity contribution in [3.63, 3.8) is 0 Å². The molecule has 1 rings (SSSR count). The quantitative estimate of drug-likeness (QED) is 0.694. The molecule has 0 spiro atoms. The van der Waals surface area contributed by atoms with Crippen LogP contribution < -0.4 is 10.5 Å². The maximum Gasteiger partial charge on any atom is 0.214 e. The molecule has 1 fully saturated rings. The minimum Gasteiger partial charge on any atom is -0.329 e. The fraction of sp³-hybridized carbons (Fsp3) is 1.00. The van der Waals surface area contributed by atoms with Crippen LogP contribution in [0.2, 0.25) is 0 Å². The van der Waals surface area contributed by atoms with Crippen LogP contribution in [0.4, 0.5) is 0 Å². The molecule has 108 valence electrons. The number of hydrogen-bond donors (Lipinski definition) is 2. The van der Waals surface area contributed by atoms with Gasteiger partial charge in [-0.2, -0.15) is 0 Å². The van der Waals surface area contributed by atoms with Gasteiger partial charge in [-0.25, -0.2) is 21.6 Å². The van der Waals surface area contributed by atoms with Gasteiger partial charge in [0.2, 0.25) is 10.0 Å². The molecule has 0 radical (unpaired) electrons. The van der Waals surface area contributed by atoms with Crippen molar-refractivity contribution < 1.29 is 16.8 Å². The van der Waals surface area contributed by atoms with Crippen molar-refractivity contribution in [1.82, 2.24) is 4.72 Å². The van der Waals surface area contributed by atoms with Crippen LogP contribution in [0, 0.1) is 0 Å². The topological polar surface area (TPSA) is 106 Å². The summed E-state index contributed by atoms with van der Waals surface area (Å²) in [5.74, 6) is -0.0840. The van der Waals surface area contributed by atoms with Gasteiger partial charge in [-0.15, -0.1) is 0 Å². The van der Waals surface area contributed by atoms with E-state index in [0.29, 0.717) is 6.42 Å². The van der Waals surface area contributed by atoms with E-state index in [-0.39, 0.29) is 36.9 Å². The van der Waals surface area contributed by atoms with Gasteiger partial charge in [-0.3, -0.25) is 0 Å². The number of nitrogens with one attached hydrogen (secondary N) is 1. The number of rotatable bonds is 6. The minimum atomic E-state index is -3.46. The first kappa shape index (κ1) is 15.9. The highest BCUT2D eigenvalue weighted by Gasteiger charge is 2.33. The van der Waals surface area contributed by atoms with Crippen LogP contribution in [-0.2, 0) is 19.9 Å². The van der Waals surface area contributed by atoms with E-state index in [1.54, 1.807) is 0 Å². The molecule has 1 saturated heterocycles. The summed E-state index contributed by atoms with van der Waals surface area (Å²) in [4.78, 5) is 0. The number of sulfone groups is 1. The summed E-state index contributed by atoms with van der Waals surface area (Å²) in [5.41, 5.74) is 5.52. The van der Waals surface area contributed by atoms with Crippen LogP contribution in [0.25, 0.3) is 0 Å². The standard InChI is InChI=1S/C10H22N2O4S2/c1-2-3-9(8-11)12-18(15,16)10-4-6-17(13,14)7-5-10/h9-10,12H,2-8,11H2,1H3.